The van der Waals surface area contributed by atoms with Crippen molar-refractivity contribution in [1.29, 1.82) is 0 Å². The zero-order valence-corrected chi connectivity index (χ0v) is 30.6. The van der Waals surface area contributed by atoms with Crippen LogP contribution in [0.4, 0.5) is 5.69 Å². The van der Waals surface area contributed by atoms with Gasteiger partial charge in [-0.2, -0.15) is 16.8 Å². The van der Waals surface area contributed by atoms with Crippen LogP contribution in [0.2, 0.25) is 0 Å². The minimum absolute atomic E-state index is 0.0178. The molecule has 0 fully saturated rings. The number of primary amides is 1. The first kappa shape index (κ1) is 40.4. The first-order chi connectivity index (χ1) is 23.3. The van der Waals surface area contributed by atoms with Crippen LogP contribution in [0.1, 0.15) is 36.0 Å². The van der Waals surface area contributed by atoms with Crippen molar-refractivity contribution >= 4 is 61.8 Å². The molecule has 14 nitrogen and oxygen atoms in total. The third-order valence-electron chi connectivity index (χ3n) is 7.20. The van der Waals surface area contributed by atoms with Gasteiger partial charge in [-0.3, -0.25) is 18.0 Å². The largest absolute Gasteiger partial charge is 0.493 e. The van der Waals surface area contributed by atoms with E-state index < -0.39 is 38.0 Å². The van der Waals surface area contributed by atoms with Gasteiger partial charge in [-0.25, -0.2) is 0 Å². The summed E-state index contributed by atoms with van der Waals surface area (Å²) in [6.45, 7) is 0.0559. The third-order valence-corrected chi connectivity index (χ3v) is 11.4. The molecule has 0 spiro atoms. The van der Waals surface area contributed by atoms with Crippen LogP contribution in [0.25, 0.3) is 0 Å². The molecule has 18 heteroatoms. The number of hydrogen-bond acceptors (Lipinski definition) is 14. The number of amides is 2. The average Bonchev–Trinajstić information content (AvgIpc) is 3.05. The molecule has 270 valence electrons. The monoisotopic (exact) mass is 760 g/mol. The number of nitrogens with zero attached hydrogens (tertiary/aromatic N) is 1. The molecule has 0 aliphatic carbocycles. The number of rotatable bonds is 21. The van der Waals surface area contributed by atoms with E-state index in [9.17, 15) is 31.0 Å². The van der Waals surface area contributed by atoms with Crippen LogP contribution in [0.3, 0.4) is 0 Å². The Morgan fingerprint density at radius 1 is 0.878 bits per heavy atom. The van der Waals surface area contributed by atoms with Gasteiger partial charge in [0.25, 0.3) is 20.2 Å². The number of hydrogen-bond donors (Lipinski definition) is 2. The van der Waals surface area contributed by atoms with Gasteiger partial charge in [0.1, 0.15) is 11.5 Å². The van der Waals surface area contributed by atoms with E-state index in [-0.39, 0.29) is 62.2 Å². The van der Waals surface area contributed by atoms with Crippen LogP contribution in [-0.2, 0) is 48.9 Å². The molecule has 0 aromatic heterocycles. The molecule has 3 N–H and O–H groups in total. The summed E-state index contributed by atoms with van der Waals surface area (Å²) in [5.41, 5.74) is 7.57. The van der Waals surface area contributed by atoms with Gasteiger partial charge in [0.15, 0.2) is 0 Å². The number of benzene rings is 2. The molecule has 0 saturated heterocycles. The average molecular weight is 761 g/mol. The summed E-state index contributed by atoms with van der Waals surface area (Å²) in [6, 6.07) is 10.2. The summed E-state index contributed by atoms with van der Waals surface area (Å²) >= 11 is 1.59. The maximum Gasteiger partial charge on any atom is 0.267 e. The van der Waals surface area contributed by atoms with Crippen molar-refractivity contribution in [3.8, 4) is 23.3 Å². The summed E-state index contributed by atoms with van der Waals surface area (Å²) in [5, 5.41) is 0. The predicted molar refractivity (Wildman–Crippen MR) is 187 cm³/mol. The van der Waals surface area contributed by atoms with Gasteiger partial charge < -0.3 is 28.8 Å². The van der Waals surface area contributed by atoms with Crippen molar-refractivity contribution in [3.63, 3.8) is 0 Å². The highest BCUT2D eigenvalue weighted by Crippen LogP contribution is 2.32. The molecular formula is C31H40N2O12S4. The van der Waals surface area contributed by atoms with Crippen molar-refractivity contribution in [1.82, 2.24) is 0 Å². The lowest BCUT2D eigenvalue weighted by Crippen LogP contribution is -2.32. The molecule has 2 unspecified atom stereocenters. The second-order valence-corrected chi connectivity index (χ2v) is 16.0. The highest BCUT2D eigenvalue weighted by molar-refractivity contribution is 7.94. The topological polar surface area (TPSA) is 198 Å². The second kappa shape index (κ2) is 19.4. The van der Waals surface area contributed by atoms with Crippen molar-refractivity contribution in [2.24, 2.45) is 17.6 Å². The van der Waals surface area contributed by atoms with E-state index in [0.29, 0.717) is 51.7 Å². The summed E-state index contributed by atoms with van der Waals surface area (Å²) in [5.74, 6) is 4.93. The van der Waals surface area contributed by atoms with Crippen LogP contribution < -0.4 is 20.1 Å². The van der Waals surface area contributed by atoms with Crippen LogP contribution in [0, 0.1) is 23.7 Å². The molecule has 49 heavy (non-hydrogen) atoms. The number of fused-ring (bicyclic) bond motifs is 2. The lowest BCUT2D eigenvalue weighted by atomic mass is 10.0. The minimum atomic E-state index is -3.82. The number of nitrogens with two attached hydrogens (primary N) is 1. The van der Waals surface area contributed by atoms with E-state index in [2.05, 4.69) is 20.2 Å². The van der Waals surface area contributed by atoms with Crippen molar-refractivity contribution in [2.75, 3.05) is 62.5 Å². The van der Waals surface area contributed by atoms with Crippen LogP contribution >= 0.6 is 24.1 Å². The molecule has 1 aliphatic rings. The molecule has 0 saturated carbocycles. The zero-order chi connectivity index (χ0) is 36.0. The summed E-state index contributed by atoms with van der Waals surface area (Å²) < 4.78 is 83.7. The Bertz CT molecular complexity index is 1730. The standard InChI is InChI=1S/C31H40N2O12S4/c1-41-47-19-23(21-49(39,40)43-3)17-44-27-11-9-24-7-8-25-10-12-28(45-16-22(18-46-36)20-48(37,38)42-2)14-29(25)33(15-26(24)13-27)31(35)6-4-5-30(32)34/h9-14,22-23,36H,4-6,15-21H2,1-3H3,(H2,32,34). The Morgan fingerprint density at radius 3 is 2.02 bits per heavy atom. The van der Waals surface area contributed by atoms with Gasteiger partial charge in [0, 0.05) is 53.4 Å². The molecular weight excluding hydrogens is 721 g/mol. The molecule has 0 radical (unpaired) electrons. The summed E-state index contributed by atoms with van der Waals surface area (Å²) in [6.07, 6.45) is 0.279. The Kier molecular flexibility index (Phi) is 16.0. The Labute approximate surface area is 296 Å². The molecule has 2 atom stereocenters. The lowest BCUT2D eigenvalue weighted by Gasteiger charge is -2.27. The van der Waals surface area contributed by atoms with E-state index in [1.54, 1.807) is 36.4 Å². The first-order valence-electron chi connectivity index (χ1n) is 14.9. The van der Waals surface area contributed by atoms with Crippen molar-refractivity contribution in [3.05, 3.63) is 53.1 Å². The number of carbonyl (C=O) groups excluding carboxylic acids is 2. The van der Waals surface area contributed by atoms with Gasteiger partial charge in [0.2, 0.25) is 11.8 Å². The highest BCUT2D eigenvalue weighted by atomic mass is 32.2. The zero-order valence-electron chi connectivity index (χ0n) is 27.3. The Morgan fingerprint density at radius 2 is 1.45 bits per heavy atom. The van der Waals surface area contributed by atoms with E-state index in [1.165, 1.54) is 12.0 Å². The van der Waals surface area contributed by atoms with E-state index >= 15 is 0 Å². The van der Waals surface area contributed by atoms with Gasteiger partial charge >= 0.3 is 0 Å². The predicted octanol–water partition coefficient (Wildman–Crippen LogP) is 3.03. The van der Waals surface area contributed by atoms with Gasteiger partial charge in [0.05, 0.1) is 58.3 Å². The molecule has 2 amide bonds. The summed E-state index contributed by atoms with van der Waals surface area (Å²) in [7, 11) is -3.92. The van der Waals surface area contributed by atoms with Crippen LogP contribution in [-0.4, -0.2) is 90.8 Å². The van der Waals surface area contributed by atoms with Gasteiger partial charge in [-0.05, 0) is 66.4 Å². The van der Waals surface area contributed by atoms with Gasteiger partial charge in [-0.1, -0.05) is 11.8 Å². The van der Waals surface area contributed by atoms with E-state index in [0.717, 1.165) is 26.3 Å². The number of anilines is 1. The molecule has 2 aromatic carbocycles. The van der Waals surface area contributed by atoms with Crippen molar-refractivity contribution < 1.29 is 53.0 Å². The number of ether oxygens (including phenoxy) is 2. The fourth-order valence-corrected chi connectivity index (χ4v) is 7.83. The Balaban J connectivity index is 1.92. The smallest absolute Gasteiger partial charge is 0.267 e. The molecule has 1 aliphatic heterocycles. The fourth-order valence-electron chi connectivity index (χ4n) is 4.70. The maximum atomic E-state index is 13.7. The lowest BCUT2D eigenvalue weighted by molar-refractivity contribution is -0.119. The Hall–Kier alpha value is -3.02. The maximum absolute atomic E-state index is 13.7. The molecule has 1 heterocycles. The fraction of sp³-hybridized carbons (Fsp3) is 0.484. The van der Waals surface area contributed by atoms with Crippen LogP contribution in [0.5, 0.6) is 11.5 Å². The third kappa shape index (κ3) is 13.3. The van der Waals surface area contributed by atoms with Crippen LogP contribution in [0.15, 0.2) is 36.4 Å². The molecule has 3 rings (SSSR count). The van der Waals surface area contributed by atoms with Gasteiger partial charge in [-0.15, -0.1) is 0 Å². The first-order valence-corrected chi connectivity index (χ1v) is 19.9. The highest BCUT2D eigenvalue weighted by Gasteiger charge is 2.25. The number of carbonyl (C=O) groups is 2. The van der Waals surface area contributed by atoms with Crippen molar-refractivity contribution in [2.45, 2.75) is 25.8 Å². The summed E-state index contributed by atoms with van der Waals surface area (Å²) in [4.78, 5) is 26.6. The normalized spacial score (nSPS) is 13.9. The quantitative estimate of drug-likeness (QED) is 0.107. The minimum Gasteiger partial charge on any atom is -0.493 e. The molecule has 2 aromatic rings. The van der Waals surface area contributed by atoms with E-state index in [1.807, 2.05) is 0 Å². The SMILES string of the molecule is COSCC(COc1ccc2c(c1)CN(C(=O)CCCC(N)=O)c1cc(OCC(CSO)CS(=O)(=O)OC)ccc1C#C2)CS(=O)(=O)OC. The van der Waals surface area contributed by atoms with E-state index in [4.69, 9.17) is 19.4 Å². The second-order valence-electron chi connectivity index (χ2n) is 10.9. The molecule has 0 bridgehead atoms.